The standard InChI is InChI=1S/C28H32Cl2N4O2.2ClH/c1-34(2)15-16-6-8-19(9-7-16)32-25-20(27(35)17-4-3-5-17)14-31-24-11-10-23(33-26(24)25)18-12-21(29)28(36)22(30)13-18;;/h10-14,16-17,19,36H,3-9,15H2,1-2H3,(H,31,32);2*1H. The number of carbonyl (C=O) groups excluding carboxylic acids is 1. The molecule has 0 unspecified atom stereocenters. The first-order chi connectivity index (χ1) is 17.3. The second-order valence-corrected chi connectivity index (χ2v) is 11.3. The van der Waals surface area contributed by atoms with Crippen molar-refractivity contribution >= 4 is 70.5 Å². The molecule has 0 aliphatic heterocycles. The van der Waals surface area contributed by atoms with E-state index in [-0.39, 0.29) is 58.4 Å². The fraction of sp³-hybridized carbons (Fsp3) is 0.464. The molecule has 5 rings (SSSR count). The molecular formula is C28H34Cl4N4O2. The number of benzene rings is 1. The van der Waals surface area contributed by atoms with Crippen molar-refractivity contribution in [1.29, 1.82) is 0 Å². The van der Waals surface area contributed by atoms with Gasteiger partial charge in [-0.15, -0.1) is 24.8 Å². The van der Waals surface area contributed by atoms with Gasteiger partial charge in [0, 0.05) is 30.3 Å². The summed E-state index contributed by atoms with van der Waals surface area (Å²) >= 11 is 12.4. The van der Waals surface area contributed by atoms with Crippen LogP contribution in [0.2, 0.25) is 10.0 Å². The first kappa shape index (κ1) is 30.7. The largest absolute Gasteiger partial charge is 0.505 e. The average molecular weight is 600 g/mol. The lowest BCUT2D eigenvalue weighted by Gasteiger charge is -2.32. The van der Waals surface area contributed by atoms with Gasteiger partial charge < -0.3 is 15.3 Å². The number of aromatic hydroxyl groups is 1. The third-order valence-electron chi connectivity index (χ3n) is 7.59. The molecule has 206 valence electrons. The summed E-state index contributed by atoms with van der Waals surface area (Å²) in [6.07, 6.45) is 9.12. The lowest BCUT2D eigenvalue weighted by atomic mass is 9.79. The van der Waals surface area contributed by atoms with Crippen molar-refractivity contribution in [3.05, 3.63) is 46.1 Å². The highest BCUT2D eigenvalue weighted by molar-refractivity contribution is 6.37. The number of aromatic nitrogens is 2. The van der Waals surface area contributed by atoms with Gasteiger partial charge in [0.2, 0.25) is 0 Å². The Morgan fingerprint density at radius 2 is 1.71 bits per heavy atom. The Labute approximate surface area is 246 Å². The molecule has 10 heteroatoms. The first-order valence-electron chi connectivity index (χ1n) is 12.7. The zero-order chi connectivity index (χ0) is 25.4. The molecule has 2 aliphatic carbocycles. The molecule has 38 heavy (non-hydrogen) atoms. The maximum atomic E-state index is 13.4. The van der Waals surface area contributed by atoms with Crippen LogP contribution in [0.25, 0.3) is 22.3 Å². The summed E-state index contributed by atoms with van der Waals surface area (Å²) in [6.45, 7) is 1.11. The van der Waals surface area contributed by atoms with Crippen molar-refractivity contribution in [2.75, 3.05) is 26.0 Å². The molecule has 3 aromatic rings. The van der Waals surface area contributed by atoms with Crippen molar-refractivity contribution in [1.82, 2.24) is 14.9 Å². The molecule has 0 amide bonds. The molecule has 2 aliphatic rings. The number of ketones is 1. The maximum Gasteiger partial charge on any atom is 0.169 e. The lowest BCUT2D eigenvalue weighted by molar-refractivity contribution is 0.0855. The van der Waals surface area contributed by atoms with Gasteiger partial charge in [0.05, 0.1) is 32.5 Å². The summed E-state index contributed by atoms with van der Waals surface area (Å²) in [5, 5.41) is 14.0. The van der Waals surface area contributed by atoms with E-state index < -0.39 is 0 Å². The number of fused-ring (bicyclic) bond motifs is 1. The highest BCUT2D eigenvalue weighted by Crippen LogP contribution is 2.39. The molecule has 0 radical (unpaired) electrons. The van der Waals surface area contributed by atoms with Gasteiger partial charge in [-0.2, -0.15) is 0 Å². The molecule has 0 bridgehead atoms. The lowest BCUT2D eigenvalue weighted by Crippen LogP contribution is -2.32. The molecule has 2 heterocycles. The quantitative estimate of drug-likeness (QED) is 0.271. The van der Waals surface area contributed by atoms with Crippen LogP contribution >= 0.6 is 48.0 Å². The highest BCUT2D eigenvalue weighted by atomic mass is 35.5. The number of anilines is 1. The number of phenolic OH excluding ortho intramolecular Hbond substituents is 1. The van der Waals surface area contributed by atoms with Crippen LogP contribution in [0.4, 0.5) is 5.69 Å². The number of carbonyl (C=O) groups is 1. The van der Waals surface area contributed by atoms with Crippen LogP contribution in [0.1, 0.15) is 55.3 Å². The van der Waals surface area contributed by atoms with Crippen molar-refractivity contribution in [2.45, 2.75) is 51.0 Å². The molecule has 0 saturated heterocycles. The van der Waals surface area contributed by atoms with Crippen molar-refractivity contribution in [3.8, 4) is 17.0 Å². The summed E-state index contributed by atoms with van der Waals surface area (Å²) in [5.41, 5.74) is 4.16. The van der Waals surface area contributed by atoms with Crippen molar-refractivity contribution in [3.63, 3.8) is 0 Å². The number of hydrogen-bond acceptors (Lipinski definition) is 6. The summed E-state index contributed by atoms with van der Waals surface area (Å²) in [6, 6.07) is 7.34. The van der Waals surface area contributed by atoms with E-state index in [0.29, 0.717) is 28.3 Å². The second-order valence-electron chi connectivity index (χ2n) is 10.5. The molecular weight excluding hydrogens is 566 g/mol. The Hall–Kier alpha value is -1.83. The van der Waals surface area contributed by atoms with Crippen LogP contribution in [-0.4, -0.2) is 52.4 Å². The maximum absolute atomic E-state index is 13.4. The Balaban J connectivity index is 0.00000200. The van der Waals surface area contributed by atoms with E-state index in [9.17, 15) is 9.90 Å². The van der Waals surface area contributed by atoms with Crippen molar-refractivity contribution < 1.29 is 9.90 Å². The SMILES string of the molecule is CN(C)CC1CCC(Nc2c(C(=O)C3CCC3)cnc3ccc(-c4cc(Cl)c(O)c(Cl)c4)nc23)CC1.Cl.Cl. The number of rotatable bonds is 7. The molecule has 2 saturated carbocycles. The number of phenols is 1. The summed E-state index contributed by atoms with van der Waals surface area (Å²) < 4.78 is 0. The van der Waals surface area contributed by atoms with E-state index in [0.717, 1.165) is 62.7 Å². The monoisotopic (exact) mass is 598 g/mol. The predicted octanol–water partition coefficient (Wildman–Crippen LogP) is 7.67. The molecule has 2 N–H and O–H groups in total. The van der Waals surface area contributed by atoms with Gasteiger partial charge in [0.1, 0.15) is 5.52 Å². The highest BCUT2D eigenvalue weighted by Gasteiger charge is 2.30. The van der Waals surface area contributed by atoms with E-state index in [2.05, 4.69) is 29.3 Å². The Morgan fingerprint density at radius 1 is 1.05 bits per heavy atom. The molecule has 0 atom stereocenters. The topological polar surface area (TPSA) is 78.4 Å². The number of Topliss-reactive ketones (excluding diaryl/α,β-unsaturated/α-hetero) is 1. The molecule has 2 aromatic heterocycles. The minimum atomic E-state index is -0.148. The van der Waals surface area contributed by atoms with Crippen LogP contribution in [0.3, 0.4) is 0 Å². The number of halogens is 4. The third kappa shape index (κ3) is 6.48. The van der Waals surface area contributed by atoms with Crippen LogP contribution in [0, 0.1) is 11.8 Å². The number of pyridine rings is 2. The Kier molecular flexibility index (Phi) is 10.5. The Morgan fingerprint density at radius 3 is 2.29 bits per heavy atom. The summed E-state index contributed by atoms with van der Waals surface area (Å²) in [7, 11) is 4.26. The van der Waals surface area contributed by atoms with E-state index in [4.69, 9.17) is 28.2 Å². The van der Waals surface area contributed by atoms with Gasteiger partial charge >= 0.3 is 0 Å². The number of nitrogens with one attached hydrogen (secondary N) is 1. The van der Waals surface area contributed by atoms with Gasteiger partial charge in [-0.1, -0.05) is 29.6 Å². The normalized spacial score (nSPS) is 19.4. The summed E-state index contributed by atoms with van der Waals surface area (Å²) in [5.74, 6) is 0.781. The van der Waals surface area contributed by atoms with Crippen LogP contribution in [0.15, 0.2) is 30.5 Å². The number of hydrogen-bond donors (Lipinski definition) is 2. The fourth-order valence-corrected chi connectivity index (χ4v) is 5.86. The van der Waals surface area contributed by atoms with Gasteiger partial charge in [0.25, 0.3) is 0 Å². The van der Waals surface area contributed by atoms with E-state index in [1.54, 1.807) is 18.3 Å². The Bertz CT molecular complexity index is 1270. The molecule has 2 fully saturated rings. The zero-order valence-corrected chi connectivity index (χ0v) is 24.7. The smallest absolute Gasteiger partial charge is 0.169 e. The number of nitrogens with zero attached hydrogens (tertiary/aromatic N) is 3. The third-order valence-corrected chi connectivity index (χ3v) is 8.16. The fourth-order valence-electron chi connectivity index (χ4n) is 5.37. The van der Waals surface area contributed by atoms with E-state index >= 15 is 0 Å². The van der Waals surface area contributed by atoms with Crippen LogP contribution in [0.5, 0.6) is 5.75 Å². The van der Waals surface area contributed by atoms with Gasteiger partial charge in [-0.3, -0.25) is 9.78 Å². The molecule has 1 aromatic carbocycles. The second kappa shape index (κ2) is 13.0. The summed E-state index contributed by atoms with van der Waals surface area (Å²) in [4.78, 5) is 25.2. The van der Waals surface area contributed by atoms with Crippen LogP contribution in [-0.2, 0) is 0 Å². The van der Waals surface area contributed by atoms with Crippen molar-refractivity contribution in [2.24, 2.45) is 11.8 Å². The minimum absolute atomic E-state index is 0. The van der Waals surface area contributed by atoms with Crippen LogP contribution < -0.4 is 5.32 Å². The van der Waals surface area contributed by atoms with Gasteiger partial charge in [0.15, 0.2) is 11.5 Å². The zero-order valence-electron chi connectivity index (χ0n) is 21.5. The average Bonchev–Trinajstić information content (AvgIpc) is 2.82. The molecule has 0 spiro atoms. The van der Waals surface area contributed by atoms with Gasteiger partial charge in [-0.25, -0.2) is 4.98 Å². The van der Waals surface area contributed by atoms with E-state index in [1.807, 2.05) is 12.1 Å². The van der Waals surface area contributed by atoms with Gasteiger partial charge in [-0.05, 0) is 82.8 Å². The predicted molar refractivity (Wildman–Crippen MR) is 161 cm³/mol. The first-order valence-corrected chi connectivity index (χ1v) is 13.5. The van der Waals surface area contributed by atoms with E-state index in [1.165, 1.54) is 0 Å². The minimum Gasteiger partial charge on any atom is -0.505 e. The molecule has 6 nitrogen and oxygen atoms in total.